The van der Waals surface area contributed by atoms with Crippen LogP contribution < -0.4 is 5.32 Å². The number of fused-ring (bicyclic) bond motifs is 2. The fraction of sp³-hybridized carbons (Fsp3) is 0.923. The Bertz CT molecular complexity index is 267. The van der Waals surface area contributed by atoms with E-state index in [4.69, 9.17) is 4.74 Å². The Labute approximate surface area is 97.9 Å². The van der Waals surface area contributed by atoms with Crippen LogP contribution in [0, 0.1) is 11.8 Å². The molecule has 0 spiro atoms. The summed E-state index contributed by atoms with van der Waals surface area (Å²) in [6.45, 7) is 5.44. The molecule has 0 amide bonds. The minimum absolute atomic E-state index is 0.0315. The van der Waals surface area contributed by atoms with Crippen LogP contribution in [0.4, 0.5) is 0 Å². The van der Waals surface area contributed by atoms with Crippen molar-refractivity contribution in [2.75, 3.05) is 13.2 Å². The second kappa shape index (κ2) is 4.74. The predicted molar refractivity (Wildman–Crippen MR) is 63.1 cm³/mol. The van der Waals surface area contributed by atoms with E-state index in [0.717, 1.165) is 12.5 Å². The monoisotopic (exact) mass is 225 g/mol. The highest BCUT2D eigenvalue weighted by atomic mass is 16.5. The molecule has 16 heavy (non-hydrogen) atoms. The molecule has 0 heterocycles. The smallest absolute Gasteiger partial charge is 0.307 e. The zero-order chi connectivity index (χ0) is 11.6. The number of carbonyl (C=O) groups excluding carboxylic acids is 1. The van der Waals surface area contributed by atoms with Gasteiger partial charge in [0, 0.05) is 5.54 Å². The van der Waals surface area contributed by atoms with E-state index in [9.17, 15) is 4.79 Å². The molecule has 2 aliphatic rings. The molecular weight excluding hydrogens is 202 g/mol. The Balaban J connectivity index is 2.02. The van der Waals surface area contributed by atoms with Crippen molar-refractivity contribution in [2.45, 2.75) is 51.5 Å². The van der Waals surface area contributed by atoms with Gasteiger partial charge < -0.3 is 10.1 Å². The standard InChI is InChI=1S/C13H23NO2/c1-3-14-13(9-12(15)16-4-2)8-10-5-6-11(13)7-10/h10-11,14H,3-9H2,1-2H3. The highest BCUT2D eigenvalue weighted by Crippen LogP contribution is 2.52. The van der Waals surface area contributed by atoms with Gasteiger partial charge in [-0.1, -0.05) is 13.3 Å². The van der Waals surface area contributed by atoms with E-state index >= 15 is 0 Å². The van der Waals surface area contributed by atoms with Gasteiger partial charge in [-0.05, 0) is 44.6 Å². The van der Waals surface area contributed by atoms with Gasteiger partial charge in [-0.3, -0.25) is 4.79 Å². The molecule has 0 aromatic carbocycles. The first-order chi connectivity index (χ1) is 7.70. The SMILES string of the molecule is CCNC1(CC(=O)OCC)CC2CCC1C2. The lowest BCUT2D eigenvalue weighted by Gasteiger charge is -2.37. The van der Waals surface area contributed by atoms with Crippen LogP contribution in [0.25, 0.3) is 0 Å². The predicted octanol–water partition coefficient (Wildman–Crippen LogP) is 2.11. The maximum absolute atomic E-state index is 11.7. The summed E-state index contributed by atoms with van der Waals surface area (Å²) in [5, 5.41) is 3.58. The van der Waals surface area contributed by atoms with Crippen molar-refractivity contribution in [1.29, 1.82) is 0 Å². The normalized spacial score (nSPS) is 36.6. The molecule has 3 unspecified atom stereocenters. The Hall–Kier alpha value is -0.570. The number of esters is 1. The van der Waals surface area contributed by atoms with Gasteiger partial charge in [-0.25, -0.2) is 0 Å². The van der Waals surface area contributed by atoms with Crippen molar-refractivity contribution < 1.29 is 9.53 Å². The van der Waals surface area contributed by atoms with Crippen LogP contribution in [-0.2, 0) is 9.53 Å². The van der Waals surface area contributed by atoms with E-state index < -0.39 is 0 Å². The summed E-state index contributed by atoms with van der Waals surface area (Å²) in [5.41, 5.74) is 0.0594. The molecule has 2 bridgehead atoms. The van der Waals surface area contributed by atoms with Crippen molar-refractivity contribution in [3.63, 3.8) is 0 Å². The molecule has 0 aliphatic heterocycles. The zero-order valence-corrected chi connectivity index (χ0v) is 10.4. The van der Waals surface area contributed by atoms with E-state index in [1.54, 1.807) is 0 Å². The summed E-state index contributed by atoms with van der Waals surface area (Å²) in [5.74, 6) is 1.51. The summed E-state index contributed by atoms with van der Waals surface area (Å²) < 4.78 is 5.10. The first-order valence-electron chi connectivity index (χ1n) is 6.61. The van der Waals surface area contributed by atoms with Crippen molar-refractivity contribution in [3.05, 3.63) is 0 Å². The van der Waals surface area contributed by atoms with E-state index in [1.807, 2.05) is 6.92 Å². The van der Waals surface area contributed by atoms with Crippen LogP contribution in [0.2, 0.25) is 0 Å². The molecule has 3 heteroatoms. The number of ether oxygens (including phenoxy) is 1. The largest absolute Gasteiger partial charge is 0.466 e. The fourth-order valence-electron chi connectivity index (χ4n) is 3.76. The van der Waals surface area contributed by atoms with Crippen molar-refractivity contribution >= 4 is 5.97 Å². The van der Waals surface area contributed by atoms with Crippen molar-refractivity contribution in [1.82, 2.24) is 5.32 Å². The lowest BCUT2D eigenvalue weighted by Crippen LogP contribution is -2.51. The van der Waals surface area contributed by atoms with E-state index in [1.165, 1.54) is 25.7 Å². The molecule has 0 radical (unpaired) electrons. The number of nitrogens with one attached hydrogen (secondary N) is 1. The van der Waals surface area contributed by atoms with Gasteiger partial charge in [0.05, 0.1) is 13.0 Å². The molecule has 2 fully saturated rings. The topological polar surface area (TPSA) is 38.3 Å². The van der Waals surface area contributed by atoms with E-state index in [0.29, 0.717) is 18.9 Å². The Morgan fingerprint density at radius 1 is 1.44 bits per heavy atom. The minimum atomic E-state index is -0.0315. The van der Waals surface area contributed by atoms with Gasteiger partial charge in [0.15, 0.2) is 0 Å². The molecule has 1 N–H and O–H groups in total. The summed E-state index contributed by atoms with van der Waals surface area (Å²) in [6.07, 6.45) is 5.70. The average Bonchev–Trinajstić information content (AvgIpc) is 2.78. The lowest BCUT2D eigenvalue weighted by molar-refractivity contribution is -0.145. The van der Waals surface area contributed by atoms with Gasteiger partial charge in [-0.2, -0.15) is 0 Å². The van der Waals surface area contributed by atoms with Crippen LogP contribution in [0.15, 0.2) is 0 Å². The van der Waals surface area contributed by atoms with Gasteiger partial charge in [0.25, 0.3) is 0 Å². The highest BCUT2D eigenvalue weighted by molar-refractivity contribution is 5.71. The van der Waals surface area contributed by atoms with Gasteiger partial charge in [-0.15, -0.1) is 0 Å². The number of rotatable bonds is 5. The molecule has 2 aliphatic carbocycles. The molecule has 0 aromatic rings. The summed E-state index contributed by atoms with van der Waals surface area (Å²) in [7, 11) is 0. The Kier molecular flexibility index (Phi) is 3.53. The summed E-state index contributed by atoms with van der Waals surface area (Å²) >= 11 is 0. The third-order valence-corrected chi connectivity index (χ3v) is 4.27. The first kappa shape index (κ1) is 11.9. The molecule has 2 rings (SSSR count). The number of hydrogen-bond donors (Lipinski definition) is 1. The fourth-order valence-corrected chi connectivity index (χ4v) is 3.76. The maximum atomic E-state index is 11.7. The van der Waals surface area contributed by atoms with E-state index in [-0.39, 0.29) is 11.5 Å². The Morgan fingerprint density at radius 2 is 2.25 bits per heavy atom. The van der Waals surface area contributed by atoms with Gasteiger partial charge in [0.2, 0.25) is 0 Å². The van der Waals surface area contributed by atoms with Crippen LogP contribution in [0.5, 0.6) is 0 Å². The van der Waals surface area contributed by atoms with Crippen LogP contribution in [0.3, 0.4) is 0 Å². The summed E-state index contributed by atoms with van der Waals surface area (Å²) in [4.78, 5) is 11.7. The van der Waals surface area contributed by atoms with Crippen LogP contribution in [0.1, 0.15) is 46.0 Å². The van der Waals surface area contributed by atoms with Gasteiger partial charge in [0.1, 0.15) is 0 Å². The molecule has 92 valence electrons. The highest BCUT2D eigenvalue weighted by Gasteiger charge is 2.51. The number of hydrogen-bond acceptors (Lipinski definition) is 3. The van der Waals surface area contributed by atoms with E-state index in [2.05, 4.69) is 12.2 Å². The maximum Gasteiger partial charge on any atom is 0.307 e. The first-order valence-corrected chi connectivity index (χ1v) is 6.61. The second-order valence-corrected chi connectivity index (χ2v) is 5.25. The molecule has 3 atom stereocenters. The summed E-state index contributed by atoms with van der Waals surface area (Å²) in [6, 6.07) is 0. The quantitative estimate of drug-likeness (QED) is 0.728. The molecule has 0 saturated heterocycles. The third-order valence-electron chi connectivity index (χ3n) is 4.27. The lowest BCUT2D eigenvalue weighted by atomic mass is 9.78. The number of carbonyl (C=O) groups is 1. The van der Waals surface area contributed by atoms with Crippen LogP contribution >= 0.6 is 0 Å². The van der Waals surface area contributed by atoms with Crippen molar-refractivity contribution in [3.8, 4) is 0 Å². The zero-order valence-electron chi connectivity index (χ0n) is 10.4. The molecule has 3 nitrogen and oxygen atoms in total. The molecular formula is C13H23NO2. The average molecular weight is 225 g/mol. The minimum Gasteiger partial charge on any atom is -0.466 e. The van der Waals surface area contributed by atoms with Crippen LogP contribution in [-0.4, -0.2) is 24.7 Å². The Morgan fingerprint density at radius 3 is 2.75 bits per heavy atom. The third kappa shape index (κ3) is 2.10. The van der Waals surface area contributed by atoms with Gasteiger partial charge >= 0.3 is 5.97 Å². The second-order valence-electron chi connectivity index (χ2n) is 5.25. The molecule has 0 aromatic heterocycles. The molecule has 2 saturated carbocycles. The van der Waals surface area contributed by atoms with Crippen molar-refractivity contribution in [2.24, 2.45) is 11.8 Å².